The zero-order valence-electron chi connectivity index (χ0n) is 10.2. The molecule has 22 heteroatoms. The van der Waals surface area contributed by atoms with Gasteiger partial charge < -0.3 is 0 Å². The monoisotopic (exact) mass is 574 g/mol. The Kier molecular flexibility index (Phi) is 7.05. The second kappa shape index (κ2) is 7.10. The van der Waals surface area contributed by atoms with Gasteiger partial charge in [0.15, 0.2) is 0 Å². The molecule has 0 aliphatic carbocycles. The number of alkyl halides is 9. The molecule has 154 valence electrons. The van der Waals surface area contributed by atoms with Crippen molar-refractivity contribution in [3.8, 4) is 0 Å². The Hall–Kier alpha value is -0.170. The second-order valence-corrected chi connectivity index (χ2v) is 11.9. The van der Waals surface area contributed by atoms with Gasteiger partial charge in [0.1, 0.15) is 0 Å². The van der Waals surface area contributed by atoms with E-state index in [4.69, 9.17) is 0 Å². The van der Waals surface area contributed by atoms with Crippen molar-refractivity contribution in [1.82, 2.24) is 0 Å². The van der Waals surface area contributed by atoms with Crippen molar-refractivity contribution in [3.63, 3.8) is 0 Å². The first-order valence-electron chi connectivity index (χ1n) is 4.28. The molecule has 0 bridgehead atoms. The molecule has 0 unspecified atom stereocenters. The topological polar surface area (TPSA) is 130 Å². The maximum absolute atomic E-state index is 12.0. The molecule has 9 nitrogen and oxygen atoms in total. The van der Waals surface area contributed by atoms with Crippen LogP contribution in [0, 0.1) is 0 Å². The van der Waals surface area contributed by atoms with E-state index in [2.05, 4.69) is 7.54 Å². The van der Waals surface area contributed by atoms with E-state index in [0.717, 1.165) is 0 Å². The van der Waals surface area contributed by atoms with E-state index in [1.165, 1.54) is 0 Å². The summed E-state index contributed by atoms with van der Waals surface area (Å²) in [6.45, 7) is 0. The van der Waals surface area contributed by atoms with E-state index in [9.17, 15) is 64.8 Å². The van der Waals surface area contributed by atoms with Crippen LogP contribution in [0.3, 0.4) is 0 Å². The van der Waals surface area contributed by atoms with Crippen LogP contribution in [0.25, 0.3) is 0 Å². The van der Waals surface area contributed by atoms with Crippen molar-refractivity contribution in [2.45, 2.75) is 16.5 Å². The maximum atomic E-state index is 12.0. The van der Waals surface area contributed by atoms with Gasteiger partial charge in [-0.25, -0.2) is 0 Å². The van der Waals surface area contributed by atoms with Crippen LogP contribution in [-0.4, -0.2) is 41.8 Å². The van der Waals surface area contributed by atoms with Gasteiger partial charge in [-0.3, -0.25) is 0 Å². The first-order chi connectivity index (χ1) is 10.5. The molecule has 0 rings (SSSR count). The quantitative estimate of drug-likeness (QED) is 0.265. The fraction of sp³-hybridized carbons (Fsp3) is 1.00. The van der Waals surface area contributed by atoms with Crippen LogP contribution in [0.5, 0.6) is 0 Å². The molecular weight excluding hydrogens is 574 g/mol. The SMILES string of the molecule is O=S(=O)(OI(OS(=O)(=O)C(F)(F)F)OS(=O)(=O)C(F)(F)F)C(F)(F)F. The van der Waals surface area contributed by atoms with Crippen molar-refractivity contribution in [2.75, 3.05) is 0 Å². The third kappa shape index (κ3) is 6.49. The molecular formula is C3F9IO9S3. The Bertz CT molecular complexity index is 677. The van der Waals surface area contributed by atoms with Crippen molar-refractivity contribution in [2.24, 2.45) is 0 Å². The second-order valence-electron chi connectivity index (χ2n) is 3.08. The van der Waals surface area contributed by atoms with Gasteiger partial charge in [-0.2, -0.15) is 0 Å². The molecule has 0 fully saturated rings. The molecule has 0 spiro atoms. The van der Waals surface area contributed by atoms with Gasteiger partial charge in [-0.05, 0) is 0 Å². The zero-order chi connectivity index (χ0) is 20.7. The fourth-order valence-corrected chi connectivity index (χ4v) is 8.15. The van der Waals surface area contributed by atoms with Crippen LogP contribution in [0.15, 0.2) is 0 Å². The van der Waals surface area contributed by atoms with Crippen LogP contribution < -0.4 is 0 Å². The van der Waals surface area contributed by atoms with Gasteiger partial charge >= 0.3 is 140 Å². The third-order valence-corrected chi connectivity index (χ3v) is 10.7. The molecule has 0 aliphatic heterocycles. The van der Waals surface area contributed by atoms with E-state index in [-0.39, 0.29) is 0 Å². The molecule has 0 atom stereocenters. The van der Waals surface area contributed by atoms with Gasteiger partial charge in [0, 0.05) is 0 Å². The Labute approximate surface area is 140 Å². The normalized spacial score (nSPS) is 16.0. The predicted octanol–water partition coefficient (Wildman–Crippen LogP) is 1.84. The first kappa shape index (κ1) is 24.8. The van der Waals surface area contributed by atoms with Crippen LogP contribution in [0.4, 0.5) is 39.5 Å². The van der Waals surface area contributed by atoms with Crippen LogP contribution in [-0.2, 0) is 37.9 Å². The van der Waals surface area contributed by atoms with Gasteiger partial charge in [0.05, 0.1) is 0 Å². The molecule has 0 N–H and O–H groups in total. The molecule has 0 saturated heterocycles. The minimum atomic E-state index is -7.08. The Balaban J connectivity index is 5.96. The summed E-state index contributed by atoms with van der Waals surface area (Å²) in [5, 5.41) is 0. The minimum absolute atomic E-state index is 2.67. The van der Waals surface area contributed by atoms with Crippen molar-refractivity contribution < 1.29 is 72.3 Å². The Morgan fingerprint density at radius 2 is 0.640 bits per heavy atom. The molecule has 0 aromatic carbocycles. The number of hydrogen-bond acceptors (Lipinski definition) is 9. The fourth-order valence-electron chi connectivity index (χ4n) is 0.342. The zero-order valence-corrected chi connectivity index (χ0v) is 14.8. The molecule has 0 amide bonds. The summed E-state index contributed by atoms with van der Waals surface area (Å²) in [4.78, 5) is 0. The number of rotatable bonds is 6. The van der Waals surface area contributed by atoms with Crippen LogP contribution in [0.1, 0.15) is 0 Å². The van der Waals surface area contributed by atoms with E-state index in [1.54, 1.807) is 0 Å². The first-order valence-corrected chi connectivity index (χ1v) is 11.1. The van der Waals surface area contributed by atoms with Crippen LogP contribution in [0.2, 0.25) is 0 Å². The summed E-state index contributed by atoms with van der Waals surface area (Å²) in [5.41, 5.74) is -19.5. The van der Waals surface area contributed by atoms with Crippen molar-refractivity contribution >= 4 is 51.4 Å². The molecule has 0 aromatic rings. The van der Waals surface area contributed by atoms with Gasteiger partial charge in [0.2, 0.25) is 0 Å². The molecule has 0 saturated carbocycles. The summed E-state index contributed by atoms with van der Waals surface area (Å²) >= 11 is -6.55. The van der Waals surface area contributed by atoms with Crippen molar-refractivity contribution in [3.05, 3.63) is 0 Å². The predicted molar refractivity (Wildman–Crippen MR) is 62.2 cm³/mol. The summed E-state index contributed by atoms with van der Waals surface area (Å²) < 4.78 is 179. The molecule has 0 heterocycles. The third-order valence-electron chi connectivity index (χ3n) is 1.25. The average Bonchev–Trinajstić information content (AvgIpc) is 2.21. The molecule has 0 aliphatic rings. The summed E-state index contributed by atoms with van der Waals surface area (Å²) in [6, 6.07) is 0. The number of halogens is 10. The molecule has 0 radical (unpaired) electrons. The van der Waals surface area contributed by atoms with E-state index >= 15 is 0 Å². The molecule has 0 aromatic heterocycles. The van der Waals surface area contributed by atoms with Gasteiger partial charge in [0.25, 0.3) is 0 Å². The summed E-state index contributed by atoms with van der Waals surface area (Å²) in [6.07, 6.45) is 0. The van der Waals surface area contributed by atoms with Crippen molar-refractivity contribution in [1.29, 1.82) is 0 Å². The van der Waals surface area contributed by atoms with E-state index < -0.39 is 67.9 Å². The molecule has 25 heavy (non-hydrogen) atoms. The van der Waals surface area contributed by atoms with E-state index in [1.807, 2.05) is 0 Å². The Morgan fingerprint density at radius 1 is 0.480 bits per heavy atom. The summed E-state index contributed by atoms with van der Waals surface area (Å²) in [5.74, 6) is 0. The van der Waals surface area contributed by atoms with Crippen LogP contribution >= 0.6 is 21.1 Å². The standard InChI is InChI=1S/C3F9IO9S3/c4-1(5,6)23(14,15)20-13(21-24(16,17)2(7,8)9)22-25(18,19)3(10,11)12. The average molecular weight is 574 g/mol. The number of hydrogen-bond donors (Lipinski definition) is 0. The van der Waals surface area contributed by atoms with E-state index in [0.29, 0.717) is 0 Å². The summed E-state index contributed by atoms with van der Waals surface area (Å²) in [7, 11) is -21.2. The van der Waals surface area contributed by atoms with Gasteiger partial charge in [-0.15, -0.1) is 0 Å². The Morgan fingerprint density at radius 3 is 0.760 bits per heavy atom. The van der Waals surface area contributed by atoms with Gasteiger partial charge in [-0.1, -0.05) is 0 Å².